The predicted molar refractivity (Wildman–Crippen MR) is 84.0 cm³/mol. The van der Waals surface area contributed by atoms with Crippen molar-refractivity contribution < 1.29 is 9.53 Å². The molecule has 0 unspecified atom stereocenters. The molecule has 1 saturated heterocycles. The van der Waals surface area contributed by atoms with E-state index < -0.39 is 5.54 Å². The lowest BCUT2D eigenvalue weighted by Gasteiger charge is -2.41. The van der Waals surface area contributed by atoms with Crippen LogP contribution in [0.4, 0.5) is 0 Å². The standard InChI is InChI=1S/C17H26N2O2/c1-14(2)19-11-9-17(10-12-19,16(20)21-3)18-13-15-7-5-4-6-8-15/h4-8,14,18H,9-13H2,1-3H3. The van der Waals surface area contributed by atoms with Crippen LogP contribution >= 0.6 is 0 Å². The summed E-state index contributed by atoms with van der Waals surface area (Å²) >= 11 is 0. The van der Waals surface area contributed by atoms with Gasteiger partial charge in [0.2, 0.25) is 0 Å². The summed E-state index contributed by atoms with van der Waals surface area (Å²) in [5.41, 5.74) is 0.641. The number of rotatable bonds is 5. The lowest BCUT2D eigenvalue weighted by atomic mass is 9.86. The van der Waals surface area contributed by atoms with Crippen molar-refractivity contribution in [3.05, 3.63) is 35.9 Å². The molecule has 1 aliphatic heterocycles. The zero-order valence-corrected chi connectivity index (χ0v) is 13.3. The smallest absolute Gasteiger partial charge is 0.326 e. The first kappa shape index (κ1) is 16.0. The van der Waals surface area contributed by atoms with Crippen LogP contribution in [0.2, 0.25) is 0 Å². The van der Waals surface area contributed by atoms with Gasteiger partial charge in [-0.15, -0.1) is 0 Å². The van der Waals surface area contributed by atoms with Gasteiger partial charge in [0.1, 0.15) is 5.54 Å². The molecule has 4 heteroatoms. The van der Waals surface area contributed by atoms with Crippen molar-refractivity contribution in [1.82, 2.24) is 10.2 Å². The predicted octanol–water partition coefficient (Wildman–Crippen LogP) is 2.19. The monoisotopic (exact) mass is 290 g/mol. The number of ether oxygens (including phenoxy) is 1. The maximum absolute atomic E-state index is 12.3. The fourth-order valence-electron chi connectivity index (χ4n) is 2.94. The molecule has 1 aromatic carbocycles. The Morgan fingerprint density at radius 3 is 2.43 bits per heavy atom. The minimum Gasteiger partial charge on any atom is -0.468 e. The fraction of sp³-hybridized carbons (Fsp3) is 0.588. The van der Waals surface area contributed by atoms with Gasteiger partial charge >= 0.3 is 5.97 Å². The van der Waals surface area contributed by atoms with Crippen LogP contribution in [0.1, 0.15) is 32.3 Å². The molecule has 0 atom stereocenters. The second kappa shape index (κ2) is 7.05. The minimum atomic E-state index is -0.546. The molecule has 1 N–H and O–H groups in total. The van der Waals surface area contributed by atoms with Gasteiger partial charge in [-0.2, -0.15) is 0 Å². The van der Waals surface area contributed by atoms with Crippen molar-refractivity contribution in [1.29, 1.82) is 0 Å². The SMILES string of the molecule is COC(=O)C1(NCc2ccccc2)CCN(C(C)C)CC1. The molecule has 0 spiro atoms. The Morgan fingerprint density at radius 1 is 1.29 bits per heavy atom. The first-order chi connectivity index (χ1) is 10.1. The van der Waals surface area contributed by atoms with E-state index in [-0.39, 0.29) is 5.97 Å². The van der Waals surface area contributed by atoms with Gasteiger partial charge < -0.3 is 9.64 Å². The second-order valence-electron chi connectivity index (χ2n) is 6.04. The van der Waals surface area contributed by atoms with E-state index in [1.165, 1.54) is 12.7 Å². The third-order valence-corrected chi connectivity index (χ3v) is 4.43. The molecule has 1 heterocycles. The van der Waals surface area contributed by atoms with E-state index >= 15 is 0 Å². The molecule has 1 aliphatic rings. The summed E-state index contributed by atoms with van der Waals surface area (Å²) in [6.07, 6.45) is 1.59. The number of esters is 1. The zero-order valence-electron chi connectivity index (χ0n) is 13.3. The Kier molecular flexibility index (Phi) is 5.37. The number of piperidine rings is 1. The van der Waals surface area contributed by atoms with Gasteiger partial charge in [0.25, 0.3) is 0 Å². The number of carbonyl (C=O) groups is 1. The van der Waals surface area contributed by atoms with Gasteiger partial charge in [0.05, 0.1) is 7.11 Å². The van der Waals surface area contributed by atoms with Crippen LogP contribution in [0.3, 0.4) is 0 Å². The molecule has 1 fully saturated rings. The maximum atomic E-state index is 12.3. The molecule has 0 aliphatic carbocycles. The summed E-state index contributed by atoms with van der Waals surface area (Å²) in [5, 5.41) is 3.46. The normalized spacial score (nSPS) is 18.7. The number of nitrogens with one attached hydrogen (secondary N) is 1. The summed E-state index contributed by atoms with van der Waals surface area (Å²) in [6, 6.07) is 10.7. The van der Waals surface area contributed by atoms with Gasteiger partial charge in [-0.1, -0.05) is 30.3 Å². The summed E-state index contributed by atoms with van der Waals surface area (Å²) < 4.78 is 5.06. The molecular weight excluding hydrogens is 264 g/mol. The molecule has 0 amide bonds. The van der Waals surface area contributed by atoms with Gasteiger partial charge in [-0.05, 0) is 32.3 Å². The molecule has 0 saturated carbocycles. The van der Waals surface area contributed by atoms with E-state index in [0.29, 0.717) is 12.6 Å². The van der Waals surface area contributed by atoms with E-state index in [4.69, 9.17) is 4.74 Å². The topological polar surface area (TPSA) is 41.6 Å². The van der Waals surface area contributed by atoms with Gasteiger partial charge in [0, 0.05) is 25.7 Å². The zero-order chi connectivity index (χ0) is 15.3. The molecule has 0 aromatic heterocycles. The number of hydrogen-bond acceptors (Lipinski definition) is 4. The van der Waals surface area contributed by atoms with Crippen LogP contribution in [0, 0.1) is 0 Å². The highest BCUT2D eigenvalue weighted by atomic mass is 16.5. The van der Waals surface area contributed by atoms with Crippen LogP contribution in [0.25, 0.3) is 0 Å². The molecule has 4 nitrogen and oxygen atoms in total. The van der Waals surface area contributed by atoms with Crippen LogP contribution < -0.4 is 5.32 Å². The largest absolute Gasteiger partial charge is 0.468 e. The van der Waals surface area contributed by atoms with Crippen molar-refractivity contribution in [3.8, 4) is 0 Å². The first-order valence-corrected chi connectivity index (χ1v) is 7.69. The highest BCUT2D eigenvalue weighted by Crippen LogP contribution is 2.25. The maximum Gasteiger partial charge on any atom is 0.326 e. The molecule has 0 bridgehead atoms. The summed E-state index contributed by atoms with van der Waals surface area (Å²) in [7, 11) is 1.48. The molecule has 0 radical (unpaired) electrons. The Bertz CT molecular complexity index is 451. The van der Waals surface area contributed by atoms with E-state index in [1.807, 2.05) is 18.2 Å². The van der Waals surface area contributed by atoms with Crippen molar-refractivity contribution in [3.63, 3.8) is 0 Å². The van der Waals surface area contributed by atoms with Crippen LogP contribution in [-0.4, -0.2) is 42.6 Å². The van der Waals surface area contributed by atoms with Crippen LogP contribution in [0.5, 0.6) is 0 Å². The molecule has 1 aromatic rings. The van der Waals surface area contributed by atoms with Crippen LogP contribution in [-0.2, 0) is 16.1 Å². The lowest BCUT2D eigenvalue weighted by molar-refractivity contribution is -0.151. The molecule has 21 heavy (non-hydrogen) atoms. The average molecular weight is 290 g/mol. The highest BCUT2D eigenvalue weighted by Gasteiger charge is 2.42. The quantitative estimate of drug-likeness (QED) is 0.844. The Labute approximate surface area is 127 Å². The van der Waals surface area contributed by atoms with Crippen molar-refractivity contribution in [2.75, 3.05) is 20.2 Å². The van der Waals surface area contributed by atoms with Crippen molar-refractivity contribution >= 4 is 5.97 Å². The first-order valence-electron chi connectivity index (χ1n) is 7.69. The third-order valence-electron chi connectivity index (χ3n) is 4.43. The number of hydrogen-bond donors (Lipinski definition) is 1. The van der Waals surface area contributed by atoms with E-state index in [1.54, 1.807) is 0 Å². The van der Waals surface area contributed by atoms with E-state index in [9.17, 15) is 4.79 Å². The number of carbonyl (C=O) groups excluding carboxylic acids is 1. The van der Waals surface area contributed by atoms with Crippen LogP contribution in [0.15, 0.2) is 30.3 Å². The Hall–Kier alpha value is -1.39. The molecule has 116 valence electrons. The van der Waals surface area contributed by atoms with Gasteiger partial charge in [-0.3, -0.25) is 10.1 Å². The Balaban J connectivity index is 2.03. The number of likely N-dealkylation sites (tertiary alicyclic amines) is 1. The van der Waals surface area contributed by atoms with Gasteiger partial charge in [-0.25, -0.2) is 0 Å². The Morgan fingerprint density at radius 2 is 1.90 bits per heavy atom. The summed E-state index contributed by atoms with van der Waals surface area (Å²) in [4.78, 5) is 14.7. The lowest BCUT2D eigenvalue weighted by Crippen LogP contribution is -2.59. The third kappa shape index (κ3) is 3.83. The van der Waals surface area contributed by atoms with E-state index in [2.05, 4.69) is 36.2 Å². The molecule has 2 rings (SSSR count). The number of benzene rings is 1. The number of methoxy groups -OCH3 is 1. The molecular formula is C17H26N2O2. The minimum absolute atomic E-state index is 0.137. The van der Waals surface area contributed by atoms with Gasteiger partial charge in [0.15, 0.2) is 0 Å². The van der Waals surface area contributed by atoms with Crippen molar-refractivity contribution in [2.24, 2.45) is 0 Å². The second-order valence-corrected chi connectivity index (χ2v) is 6.04. The number of nitrogens with zero attached hydrogens (tertiary/aromatic N) is 1. The summed E-state index contributed by atoms with van der Waals surface area (Å²) in [6.45, 7) is 6.94. The average Bonchev–Trinajstić information content (AvgIpc) is 2.53. The fourth-order valence-corrected chi connectivity index (χ4v) is 2.94. The highest BCUT2D eigenvalue weighted by molar-refractivity contribution is 5.81. The van der Waals surface area contributed by atoms with Crippen molar-refractivity contribution in [2.45, 2.75) is 44.8 Å². The van der Waals surface area contributed by atoms with E-state index in [0.717, 1.165) is 25.9 Å². The summed E-state index contributed by atoms with van der Waals surface area (Å²) in [5.74, 6) is -0.137.